The van der Waals surface area contributed by atoms with Gasteiger partial charge in [0.05, 0.1) is 6.61 Å². The van der Waals surface area contributed by atoms with Crippen molar-refractivity contribution in [3.63, 3.8) is 0 Å². The summed E-state index contributed by atoms with van der Waals surface area (Å²) in [6, 6.07) is 0. The molecule has 0 aromatic carbocycles. The van der Waals surface area contributed by atoms with Gasteiger partial charge >= 0.3 is 0 Å². The molecule has 1 aliphatic rings. The summed E-state index contributed by atoms with van der Waals surface area (Å²) >= 11 is 0. The van der Waals surface area contributed by atoms with E-state index in [0.717, 1.165) is 0 Å². The molecule has 0 bridgehead atoms. The van der Waals surface area contributed by atoms with Crippen LogP contribution in [0.25, 0.3) is 0 Å². The average Bonchev–Trinajstić information content (AvgIpc) is 2.13. The smallest absolute Gasteiger partial charge is 0.184 e. The van der Waals surface area contributed by atoms with Crippen molar-refractivity contribution in [1.82, 2.24) is 0 Å². The second-order valence-electron chi connectivity index (χ2n) is 2.93. The first-order valence-electron chi connectivity index (χ1n) is 3.95. The molecular weight excluding hydrogens is 180 g/mol. The van der Waals surface area contributed by atoms with Gasteiger partial charge in [-0.05, 0) is 0 Å². The summed E-state index contributed by atoms with van der Waals surface area (Å²) in [6.07, 6.45) is -5.81. The van der Waals surface area contributed by atoms with Crippen LogP contribution in [0.3, 0.4) is 0 Å². The van der Waals surface area contributed by atoms with Crippen molar-refractivity contribution in [2.75, 3.05) is 13.7 Å². The fourth-order valence-electron chi connectivity index (χ4n) is 1.36. The van der Waals surface area contributed by atoms with Gasteiger partial charge in [0.25, 0.3) is 0 Å². The Balaban J connectivity index is 2.69. The van der Waals surface area contributed by atoms with Gasteiger partial charge in [-0.3, -0.25) is 0 Å². The molecular formula is C7H14O6. The Hall–Kier alpha value is -0.240. The zero-order valence-electron chi connectivity index (χ0n) is 7.20. The number of hydrogen-bond donors (Lipinski definition) is 4. The van der Waals surface area contributed by atoms with E-state index in [4.69, 9.17) is 19.7 Å². The summed E-state index contributed by atoms with van der Waals surface area (Å²) in [5, 5.41) is 36.4. The van der Waals surface area contributed by atoms with E-state index in [1.54, 1.807) is 0 Å². The second kappa shape index (κ2) is 4.32. The Bertz CT molecular complexity index is 161. The number of ether oxygens (including phenoxy) is 2. The first-order valence-corrected chi connectivity index (χ1v) is 3.95. The molecule has 13 heavy (non-hydrogen) atoms. The van der Waals surface area contributed by atoms with Gasteiger partial charge in [-0.2, -0.15) is 0 Å². The molecule has 0 aromatic rings. The molecule has 4 N–H and O–H groups in total. The second-order valence-corrected chi connectivity index (χ2v) is 2.93. The van der Waals surface area contributed by atoms with Crippen LogP contribution in [0.15, 0.2) is 0 Å². The van der Waals surface area contributed by atoms with E-state index < -0.39 is 30.7 Å². The van der Waals surface area contributed by atoms with Crippen LogP contribution in [0, 0.1) is 0 Å². The molecule has 6 nitrogen and oxygen atoms in total. The Morgan fingerprint density at radius 3 is 2.31 bits per heavy atom. The summed E-state index contributed by atoms with van der Waals surface area (Å²) in [4.78, 5) is 0. The largest absolute Gasteiger partial charge is 0.394 e. The number of aliphatic hydroxyl groups excluding tert-OH is 4. The first-order chi connectivity index (χ1) is 6.11. The molecule has 0 saturated carbocycles. The third-order valence-electron chi connectivity index (χ3n) is 2.11. The molecule has 0 aromatic heterocycles. The summed E-state index contributed by atoms with van der Waals surface area (Å²) < 4.78 is 9.61. The van der Waals surface area contributed by atoms with Crippen molar-refractivity contribution >= 4 is 0 Å². The number of aliphatic hydroxyl groups is 4. The maximum absolute atomic E-state index is 9.38. The Morgan fingerprint density at radius 2 is 1.85 bits per heavy atom. The highest BCUT2D eigenvalue weighted by Crippen LogP contribution is 2.21. The summed E-state index contributed by atoms with van der Waals surface area (Å²) in [7, 11) is 1.32. The molecule has 0 radical (unpaired) electrons. The van der Waals surface area contributed by atoms with Crippen LogP contribution in [0.4, 0.5) is 0 Å². The topological polar surface area (TPSA) is 99.4 Å². The van der Waals surface area contributed by atoms with E-state index in [1.807, 2.05) is 0 Å². The molecule has 6 heteroatoms. The molecule has 1 heterocycles. The fourth-order valence-corrected chi connectivity index (χ4v) is 1.36. The SMILES string of the molecule is CO[C@H]1[C@H](O)[C@H](O)[C@@H](O)O[C@H]1CO. The van der Waals surface area contributed by atoms with E-state index >= 15 is 0 Å². The highest BCUT2D eigenvalue weighted by molar-refractivity contribution is 4.89. The minimum Gasteiger partial charge on any atom is -0.394 e. The number of hydrogen-bond acceptors (Lipinski definition) is 6. The third-order valence-corrected chi connectivity index (χ3v) is 2.11. The van der Waals surface area contributed by atoms with Crippen LogP contribution >= 0.6 is 0 Å². The van der Waals surface area contributed by atoms with Gasteiger partial charge in [-0.25, -0.2) is 0 Å². The van der Waals surface area contributed by atoms with Gasteiger partial charge in [-0.15, -0.1) is 0 Å². The lowest BCUT2D eigenvalue weighted by Crippen LogP contribution is -2.59. The minimum atomic E-state index is -1.49. The molecule has 5 atom stereocenters. The maximum Gasteiger partial charge on any atom is 0.184 e. The van der Waals surface area contributed by atoms with Crippen LogP contribution in [-0.2, 0) is 9.47 Å². The molecule has 0 amide bonds. The Kier molecular flexibility index (Phi) is 3.60. The normalized spacial score (nSPS) is 46.4. The number of methoxy groups -OCH3 is 1. The monoisotopic (exact) mass is 194 g/mol. The summed E-state index contributed by atoms with van der Waals surface area (Å²) in [6.45, 7) is -0.390. The quantitative estimate of drug-likeness (QED) is 0.386. The standard InChI is InChI=1S/C7H14O6/c1-12-6-3(2-8)13-7(11)5(10)4(6)9/h3-11H,2H2,1H3/t3-,4+,5-,6+,7-/m0/s1. The van der Waals surface area contributed by atoms with Gasteiger partial charge in [-0.1, -0.05) is 0 Å². The van der Waals surface area contributed by atoms with Crippen LogP contribution in [0.1, 0.15) is 0 Å². The number of rotatable bonds is 2. The molecule has 1 saturated heterocycles. The first kappa shape index (κ1) is 10.8. The maximum atomic E-state index is 9.38. The highest BCUT2D eigenvalue weighted by atomic mass is 16.6. The van der Waals surface area contributed by atoms with E-state index in [9.17, 15) is 10.2 Å². The van der Waals surface area contributed by atoms with Crippen molar-refractivity contribution in [3.05, 3.63) is 0 Å². The van der Waals surface area contributed by atoms with Crippen molar-refractivity contribution in [2.45, 2.75) is 30.7 Å². The van der Waals surface area contributed by atoms with Crippen molar-refractivity contribution in [2.24, 2.45) is 0 Å². The van der Waals surface area contributed by atoms with Gasteiger partial charge < -0.3 is 29.9 Å². The summed E-state index contributed by atoms with van der Waals surface area (Å²) in [5.74, 6) is 0. The van der Waals surface area contributed by atoms with Crippen molar-refractivity contribution in [1.29, 1.82) is 0 Å². The average molecular weight is 194 g/mol. The van der Waals surface area contributed by atoms with Crippen LogP contribution in [-0.4, -0.2) is 64.8 Å². The molecule has 78 valence electrons. The predicted octanol–water partition coefficient (Wildman–Crippen LogP) is -2.57. The molecule has 1 fully saturated rings. The molecule has 1 aliphatic heterocycles. The fraction of sp³-hybridized carbons (Fsp3) is 1.00. The van der Waals surface area contributed by atoms with Crippen molar-refractivity contribution in [3.8, 4) is 0 Å². The Morgan fingerprint density at radius 1 is 1.23 bits per heavy atom. The highest BCUT2D eigenvalue weighted by Gasteiger charge is 2.43. The van der Waals surface area contributed by atoms with E-state index in [1.165, 1.54) is 7.11 Å². The van der Waals surface area contributed by atoms with Gasteiger partial charge in [0.15, 0.2) is 6.29 Å². The lowest BCUT2D eigenvalue weighted by molar-refractivity contribution is -0.290. The predicted molar refractivity (Wildman–Crippen MR) is 40.8 cm³/mol. The van der Waals surface area contributed by atoms with Gasteiger partial charge in [0, 0.05) is 7.11 Å². The summed E-state index contributed by atoms with van der Waals surface area (Å²) in [5.41, 5.74) is 0. The lowest BCUT2D eigenvalue weighted by Gasteiger charge is -2.39. The van der Waals surface area contributed by atoms with E-state index in [0.29, 0.717) is 0 Å². The molecule has 0 spiro atoms. The van der Waals surface area contributed by atoms with Crippen LogP contribution in [0.2, 0.25) is 0 Å². The molecule has 1 rings (SSSR count). The zero-order valence-corrected chi connectivity index (χ0v) is 7.20. The third kappa shape index (κ3) is 1.98. The minimum absolute atomic E-state index is 0.390. The Labute approximate surface area is 75.3 Å². The van der Waals surface area contributed by atoms with Crippen LogP contribution in [0.5, 0.6) is 0 Å². The zero-order chi connectivity index (χ0) is 10.0. The van der Waals surface area contributed by atoms with E-state index in [2.05, 4.69) is 0 Å². The molecule has 0 unspecified atom stereocenters. The van der Waals surface area contributed by atoms with Crippen molar-refractivity contribution < 1.29 is 29.9 Å². The van der Waals surface area contributed by atoms with E-state index in [-0.39, 0.29) is 6.61 Å². The van der Waals surface area contributed by atoms with Crippen LogP contribution < -0.4 is 0 Å². The van der Waals surface area contributed by atoms with Gasteiger partial charge in [0.2, 0.25) is 0 Å². The lowest BCUT2D eigenvalue weighted by atomic mass is 9.99. The van der Waals surface area contributed by atoms with Gasteiger partial charge in [0.1, 0.15) is 24.4 Å². The molecule has 0 aliphatic carbocycles.